The molecule has 0 aliphatic heterocycles. The molecule has 0 radical (unpaired) electrons. The van der Waals surface area contributed by atoms with E-state index in [0.717, 1.165) is 27.7 Å². The van der Waals surface area contributed by atoms with Gasteiger partial charge in [-0.3, -0.25) is 0 Å². The van der Waals surface area contributed by atoms with Gasteiger partial charge in [-0.1, -0.05) is 49.4 Å². The van der Waals surface area contributed by atoms with Gasteiger partial charge in [0.15, 0.2) is 0 Å². The molecule has 1 aliphatic carbocycles. The van der Waals surface area contributed by atoms with Gasteiger partial charge in [-0.15, -0.1) is 0 Å². The molecule has 0 bridgehead atoms. The summed E-state index contributed by atoms with van der Waals surface area (Å²) in [6.45, 7) is 0. The third-order valence-electron chi connectivity index (χ3n) is 4.11. The highest BCUT2D eigenvalue weighted by Gasteiger charge is 2.14. The molecule has 0 unspecified atom stereocenters. The molecule has 1 saturated carbocycles. The first-order valence-corrected chi connectivity index (χ1v) is 8.14. The van der Waals surface area contributed by atoms with E-state index in [2.05, 4.69) is 39.1 Å². The lowest BCUT2D eigenvalue weighted by molar-refractivity contribution is 0.504. The highest BCUT2D eigenvalue weighted by atomic mass is 79.9. The van der Waals surface area contributed by atoms with E-state index in [0.29, 0.717) is 5.15 Å². The maximum atomic E-state index is 6.06. The summed E-state index contributed by atoms with van der Waals surface area (Å²) in [5.74, 6) is 0.942. The van der Waals surface area contributed by atoms with Crippen LogP contribution in [0.4, 0.5) is 0 Å². The Kier molecular flexibility index (Phi) is 4.09. The van der Waals surface area contributed by atoms with Gasteiger partial charge in [-0.25, -0.2) is 4.98 Å². The molecule has 0 amide bonds. The number of hydrogen-bond acceptors (Lipinski definition) is 1. The second kappa shape index (κ2) is 5.80. The molecule has 0 spiro atoms. The predicted octanol–water partition coefficient (Wildman–Crippen LogP) is 5.77. The van der Waals surface area contributed by atoms with Crippen LogP contribution in [0.1, 0.15) is 37.7 Å². The summed E-state index contributed by atoms with van der Waals surface area (Å²) < 4.78 is 0.861. The lowest BCUT2D eigenvalue weighted by Gasteiger charge is -2.09. The van der Waals surface area contributed by atoms with Crippen molar-refractivity contribution in [2.24, 2.45) is 5.92 Å². The van der Waals surface area contributed by atoms with Crippen molar-refractivity contribution in [1.82, 2.24) is 4.98 Å². The first kappa shape index (κ1) is 13.4. The second-order valence-corrected chi connectivity index (χ2v) is 6.69. The number of nitrogens with zero attached hydrogens (tertiary/aromatic N) is 1. The molecular formula is C16H17BrClN. The monoisotopic (exact) mass is 337 g/mol. The Morgan fingerprint density at radius 1 is 1.21 bits per heavy atom. The number of rotatable bonds is 3. The molecule has 3 rings (SSSR count). The molecule has 0 N–H and O–H groups in total. The average molecular weight is 339 g/mol. The number of pyridine rings is 1. The lowest BCUT2D eigenvalue weighted by Crippen LogP contribution is -1.96. The van der Waals surface area contributed by atoms with E-state index in [-0.39, 0.29) is 0 Å². The molecule has 19 heavy (non-hydrogen) atoms. The topological polar surface area (TPSA) is 12.9 Å². The van der Waals surface area contributed by atoms with Gasteiger partial charge in [0.25, 0.3) is 0 Å². The zero-order valence-corrected chi connectivity index (χ0v) is 13.2. The maximum absolute atomic E-state index is 6.06. The summed E-state index contributed by atoms with van der Waals surface area (Å²) in [6, 6.07) is 8.58. The number of aromatic nitrogens is 1. The van der Waals surface area contributed by atoms with Crippen LogP contribution < -0.4 is 0 Å². The summed E-state index contributed by atoms with van der Waals surface area (Å²) in [5, 5.41) is 1.68. The summed E-state index contributed by atoms with van der Waals surface area (Å²) in [6.07, 6.45) is 8.17. The molecule has 0 saturated heterocycles. The normalized spacial score (nSPS) is 16.3. The largest absolute Gasteiger partial charge is 0.235 e. The van der Waals surface area contributed by atoms with Gasteiger partial charge in [0.2, 0.25) is 0 Å². The van der Waals surface area contributed by atoms with Gasteiger partial charge in [-0.2, -0.15) is 0 Å². The van der Waals surface area contributed by atoms with Crippen LogP contribution >= 0.6 is 27.5 Å². The third kappa shape index (κ3) is 3.11. The SMILES string of the molecule is Clc1nc2cc(CCC3CCCC3)ccc2cc1Br. The van der Waals surface area contributed by atoms with Crippen LogP contribution in [0, 0.1) is 5.92 Å². The van der Waals surface area contributed by atoms with Crippen molar-refractivity contribution in [3.8, 4) is 0 Å². The molecule has 100 valence electrons. The quantitative estimate of drug-likeness (QED) is 0.647. The van der Waals surface area contributed by atoms with E-state index in [1.807, 2.05) is 6.07 Å². The fraction of sp³-hybridized carbons (Fsp3) is 0.438. The minimum atomic E-state index is 0.542. The Morgan fingerprint density at radius 2 is 2.00 bits per heavy atom. The summed E-state index contributed by atoms with van der Waals surface area (Å²) in [4.78, 5) is 4.43. The molecule has 0 atom stereocenters. The van der Waals surface area contributed by atoms with Crippen LogP contribution in [0.3, 0.4) is 0 Å². The summed E-state index contributed by atoms with van der Waals surface area (Å²) in [7, 11) is 0. The average Bonchev–Trinajstić information content (AvgIpc) is 2.91. The van der Waals surface area contributed by atoms with Crippen molar-refractivity contribution >= 4 is 38.4 Å². The van der Waals surface area contributed by atoms with Crippen LogP contribution in [-0.2, 0) is 6.42 Å². The molecule has 3 heteroatoms. The molecule has 1 aromatic heterocycles. The highest BCUT2D eigenvalue weighted by molar-refractivity contribution is 9.10. The molecule has 1 heterocycles. The van der Waals surface area contributed by atoms with Gasteiger partial charge in [0.05, 0.1) is 9.99 Å². The number of benzene rings is 1. The Hall–Kier alpha value is -0.600. The van der Waals surface area contributed by atoms with E-state index in [9.17, 15) is 0 Å². The van der Waals surface area contributed by atoms with Gasteiger partial charge in [-0.05, 0) is 52.4 Å². The van der Waals surface area contributed by atoms with Crippen LogP contribution in [-0.4, -0.2) is 4.98 Å². The Labute approximate surface area is 127 Å². The fourth-order valence-electron chi connectivity index (χ4n) is 2.99. The fourth-order valence-corrected chi connectivity index (χ4v) is 3.47. The molecule has 1 fully saturated rings. The van der Waals surface area contributed by atoms with E-state index < -0.39 is 0 Å². The van der Waals surface area contributed by atoms with Gasteiger partial charge < -0.3 is 0 Å². The lowest BCUT2D eigenvalue weighted by atomic mass is 9.98. The van der Waals surface area contributed by atoms with Crippen molar-refractivity contribution in [2.75, 3.05) is 0 Å². The van der Waals surface area contributed by atoms with E-state index >= 15 is 0 Å². The summed E-state index contributed by atoms with van der Waals surface area (Å²) in [5.41, 5.74) is 2.38. The molecule has 1 aromatic carbocycles. The van der Waals surface area contributed by atoms with Crippen LogP contribution in [0.2, 0.25) is 5.15 Å². The standard InChI is InChI=1S/C16H17BrClN/c17-14-10-13-8-7-12(9-15(13)19-16(14)18)6-5-11-3-1-2-4-11/h7-11H,1-6H2. The molecule has 2 aromatic rings. The molecular weight excluding hydrogens is 322 g/mol. The van der Waals surface area contributed by atoms with Gasteiger partial charge in [0, 0.05) is 5.39 Å². The Balaban J connectivity index is 1.78. The molecule has 1 nitrogen and oxygen atoms in total. The maximum Gasteiger partial charge on any atom is 0.143 e. The minimum Gasteiger partial charge on any atom is -0.235 e. The first-order chi connectivity index (χ1) is 9.22. The zero-order valence-electron chi connectivity index (χ0n) is 10.8. The minimum absolute atomic E-state index is 0.542. The van der Waals surface area contributed by atoms with Crippen molar-refractivity contribution in [3.63, 3.8) is 0 Å². The van der Waals surface area contributed by atoms with Crippen molar-refractivity contribution in [2.45, 2.75) is 38.5 Å². The first-order valence-electron chi connectivity index (χ1n) is 6.97. The molecule has 1 aliphatic rings. The van der Waals surface area contributed by atoms with Crippen molar-refractivity contribution in [3.05, 3.63) is 39.5 Å². The van der Waals surface area contributed by atoms with Crippen LogP contribution in [0.5, 0.6) is 0 Å². The number of fused-ring (bicyclic) bond motifs is 1. The van der Waals surface area contributed by atoms with Crippen molar-refractivity contribution < 1.29 is 0 Å². The van der Waals surface area contributed by atoms with Crippen molar-refractivity contribution in [1.29, 1.82) is 0 Å². The smallest absolute Gasteiger partial charge is 0.143 e. The zero-order chi connectivity index (χ0) is 13.2. The van der Waals surface area contributed by atoms with Crippen LogP contribution in [0.15, 0.2) is 28.7 Å². The number of hydrogen-bond donors (Lipinski definition) is 0. The predicted molar refractivity (Wildman–Crippen MR) is 84.7 cm³/mol. The number of aryl methyl sites for hydroxylation is 1. The second-order valence-electron chi connectivity index (χ2n) is 5.48. The van der Waals surface area contributed by atoms with Gasteiger partial charge in [0.1, 0.15) is 5.15 Å². The van der Waals surface area contributed by atoms with Crippen LogP contribution in [0.25, 0.3) is 10.9 Å². The Morgan fingerprint density at radius 3 is 2.79 bits per heavy atom. The summed E-state index contributed by atoms with van der Waals surface area (Å²) >= 11 is 9.48. The van der Waals surface area contributed by atoms with E-state index in [1.165, 1.54) is 37.7 Å². The van der Waals surface area contributed by atoms with E-state index in [4.69, 9.17) is 11.6 Å². The third-order valence-corrected chi connectivity index (χ3v) is 5.23. The highest BCUT2D eigenvalue weighted by Crippen LogP contribution is 2.30. The van der Waals surface area contributed by atoms with E-state index in [1.54, 1.807) is 0 Å². The number of halogens is 2. The van der Waals surface area contributed by atoms with Gasteiger partial charge >= 0.3 is 0 Å². The Bertz CT molecular complexity index is 591.